The quantitative estimate of drug-likeness (QED) is 0.128. The minimum atomic E-state index is 0.755. The largest absolute Gasteiger partial charge is 0.456 e. The molecular weight excluding hydrogens is 1000 g/mol. The van der Waals surface area contributed by atoms with E-state index in [0.29, 0.717) is 0 Å². The first kappa shape index (κ1) is 48.2. The third-order valence-electron chi connectivity index (χ3n) is 15.8. The molecule has 0 N–H and O–H groups in total. The van der Waals surface area contributed by atoms with Crippen LogP contribution in [0.15, 0.2) is 275 Å². The summed E-state index contributed by atoms with van der Waals surface area (Å²) in [5.74, 6) is 0.755. The zero-order chi connectivity index (χ0) is 54.7. The van der Waals surface area contributed by atoms with Crippen molar-refractivity contribution in [3.05, 3.63) is 273 Å². The van der Waals surface area contributed by atoms with E-state index in [2.05, 4.69) is 207 Å². The summed E-state index contributed by atoms with van der Waals surface area (Å²) in [5, 5.41) is 5.45. The van der Waals surface area contributed by atoms with Crippen molar-refractivity contribution < 1.29 is 13.3 Å². The van der Waals surface area contributed by atoms with E-state index < -0.39 is 0 Å². The Balaban J connectivity index is 0.824. The van der Waals surface area contributed by atoms with Gasteiger partial charge in [-0.3, -0.25) is 15.0 Å². The molecule has 6 heteroatoms. The van der Waals surface area contributed by atoms with Crippen LogP contribution in [0, 0.1) is 0 Å². The van der Waals surface area contributed by atoms with Crippen molar-refractivity contribution in [2.75, 3.05) is 0 Å². The van der Waals surface area contributed by atoms with Gasteiger partial charge in [0.2, 0.25) is 0 Å². The van der Waals surface area contributed by atoms with Crippen LogP contribution in [-0.2, 0) is 0 Å². The highest BCUT2D eigenvalue weighted by atomic mass is 16.3. The average molecular weight is 1050 g/mol. The van der Waals surface area contributed by atoms with Crippen molar-refractivity contribution in [1.29, 1.82) is 0 Å². The van der Waals surface area contributed by atoms with E-state index in [0.717, 1.165) is 167 Å². The van der Waals surface area contributed by atoms with Crippen molar-refractivity contribution in [3.63, 3.8) is 0 Å². The number of hydrogen-bond donors (Lipinski definition) is 0. The number of nitrogens with zero attached hydrogens (tertiary/aromatic N) is 3. The van der Waals surface area contributed by atoms with E-state index in [-0.39, 0.29) is 0 Å². The Bertz CT molecular complexity index is 4780. The first-order chi connectivity index (χ1) is 40.5. The summed E-state index contributed by atoms with van der Waals surface area (Å²) in [5.41, 5.74) is 23.6. The predicted molar refractivity (Wildman–Crippen MR) is 338 cm³/mol. The summed E-state index contributed by atoms with van der Waals surface area (Å²) < 4.78 is 18.8. The Hall–Kier alpha value is -11.0. The second kappa shape index (κ2) is 20.1. The van der Waals surface area contributed by atoms with Crippen molar-refractivity contribution >= 4 is 67.0 Å². The van der Waals surface area contributed by atoms with Gasteiger partial charge in [0.1, 0.15) is 33.7 Å². The zero-order valence-electron chi connectivity index (χ0n) is 44.7. The average Bonchev–Trinajstić information content (AvgIpc) is 4.39. The lowest BCUT2D eigenvalue weighted by atomic mass is 9.86. The van der Waals surface area contributed by atoms with E-state index in [1.807, 2.05) is 68.0 Å². The molecule has 6 nitrogen and oxygen atoms in total. The molecule has 0 atom stereocenters. The number of fused-ring (bicyclic) bond motifs is 7. The maximum atomic E-state index is 6.26. The van der Waals surface area contributed by atoms with Gasteiger partial charge >= 0.3 is 0 Å². The minimum Gasteiger partial charge on any atom is -0.456 e. The second-order valence-electron chi connectivity index (χ2n) is 20.6. The number of para-hydroxylation sites is 2. The number of hydrogen-bond acceptors (Lipinski definition) is 6. The van der Waals surface area contributed by atoms with Crippen LogP contribution in [0.2, 0.25) is 0 Å². The van der Waals surface area contributed by atoms with Crippen LogP contribution in [0.25, 0.3) is 168 Å². The molecule has 0 radical (unpaired) electrons. The molecule has 0 saturated carbocycles. The second-order valence-corrected chi connectivity index (χ2v) is 20.6. The van der Waals surface area contributed by atoms with Gasteiger partial charge in [-0.05, 0) is 148 Å². The van der Waals surface area contributed by atoms with E-state index >= 15 is 0 Å². The fourth-order valence-corrected chi connectivity index (χ4v) is 11.8. The molecule has 0 fully saturated rings. The van der Waals surface area contributed by atoms with Gasteiger partial charge in [-0.1, -0.05) is 164 Å². The molecule has 386 valence electrons. The van der Waals surface area contributed by atoms with Crippen LogP contribution < -0.4 is 0 Å². The smallest absolute Gasteiger partial charge is 0.136 e. The first-order valence-electron chi connectivity index (χ1n) is 27.5. The topological polar surface area (TPSA) is 78.1 Å². The number of rotatable bonds is 11. The molecule has 0 aliphatic heterocycles. The molecule has 0 spiro atoms. The lowest BCUT2D eigenvalue weighted by Gasteiger charge is -2.18. The lowest BCUT2D eigenvalue weighted by molar-refractivity contribution is 0.603. The van der Waals surface area contributed by atoms with Crippen LogP contribution in [-0.4, -0.2) is 15.0 Å². The molecule has 0 unspecified atom stereocenters. The minimum absolute atomic E-state index is 0.755. The van der Waals surface area contributed by atoms with Crippen molar-refractivity contribution in [3.8, 4) is 101 Å². The molecular formula is C76H49N3O3. The highest BCUT2D eigenvalue weighted by Crippen LogP contribution is 2.44. The Morgan fingerprint density at radius 2 is 0.634 bits per heavy atom. The fourth-order valence-electron chi connectivity index (χ4n) is 11.8. The molecule has 9 aromatic carbocycles. The van der Waals surface area contributed by atoms with Gasteiger partial charge in [0.15, 0.2) is 0 Å². The molecule has 15 rings (SSSR count). The fraction of sp³-hybridized carbons (Fsp3) is 0.0132. The number of pyridine rings is 3. The Labute approximate surface area is 473 Å². The Kier molecular flexibility index (Phi) is 11.8. The van der Waals surface area contributed by atoms with E-state index in [9.17, 15) is 0 Å². The number of allylic oxidation sites excluding steroid dienone is 1. The SMILES string of the molecule is C=Cc1oc2cc(-c3ccc(-c4ccccc4-c4cc(-c5ccccc5-c5ccc(-c6ccc7c(c6)oc6ccccc67)nc5)cc(-c5ccccc5-c5ccc(-c6ccc7c(c6)oc6ccccc67)nc5)c4)cn3)ccc2c1/C=C\C. The molecule has 6 heterocycles. The van der Waals surface area contributed by atoms with Crippen LogP contribution in [0.1, 0.15) is 18.2 Å². The normalized spacial score (nSPS) is 11.7. The van der Waals surface area contributed by atoms with E-state index in [1.165, 1.54) is 0 Å². The maximum absolute atomic E-state index is 6.26. The van der Waals surface area contributed by atoms with Gasteiger partial charge in [0.05, 0.1) is 17.1 Å². The number of benzene rings is 9. The maximum Gasteiger partial charge on any atom is 0.136 e. The van der Waals surface area contributed by atoms with Crippen molar-refractivity contribution in [2.45, 2.75) is 6.92 Å². The van der Waals surface area contributed by atoms with E-state index in [1.54, 1.807) is 6.08 Å². The number of furan rings is 3. The summed E-state index contributed by atoms with van der Waals surface area (Å²) in [7, 11) is 0. The summed E-state index contributed by atoms with van der Waals surface area (Å²) in [6.45, 7) is 5.99. The standard InChI is InChI=1S/C76H49N3O3/c1-3-15-62-65-32-26-47(41-74(65)80-71(62)4-2)68-35-29-50(44-77-68)56-16-5-8-19-59(56)53-38-54(60-20-9-6-17-57(60)51-30-36-69(78-45-51)48-27-33-66-63-22-11-13-24-72(63)81-75(66)42-48)40-55(39-53)61-21-10-7-18-58(61)52-31-37-70(79-46-52)49-28-34-67-64-23-12-14-25-73(64)82-76(67)43-49/h3-46H,2H2,1H3/b15-3-. The van der Waals surface area contributed by atoms with Crippen LogP contribution in [0.3, 0.4) is 0 Å². The van der Waals surface area contributed by atoms with Crippen molar-refractivity contribution in [1.82, 2.24) is 15.0 Å². The Morgan fingerprint density at radius 3 is 1.00 bits per heavy atom. The molecule has 0 aliphatic carbocycles. The summed E-state index contributed by atoms with van der Waals surface area (Å²) in [4.78, 5) is 15.2. The molecule has 0 bridgehead atoms. The van der Waals surface area contributed by atoms with Gasteiger partial charge in [-0.15, -0.1) is 0 Å². The summed E-state index contributed by atoms with van der Waals surface area (Å²) >= 11 is 0. The van der Waals surface area contributed by atoms with E-state index in [4.69, 9.17) is 28.2 Å². The summed E-state index contributed by atoms with van der Waals surface area (Å²) in [6, 6.07) is 81.0. The van der Waals surface area contributed by atoms with Gasteiger partial charge in [0.25, 0.3) is 0 Å². The predicted octanol–water partition coefficient (Wildman–Crippen LogP) is 21.1. The zero-order valence-corrected chi connectivity index (χ0v) is 44.7. The molecule has 82 heavy (non-hydrogen) atoms. The highest BCUT2D eigenvalue weighted by molar-refractivity contribution is 6.07. The highest BCUT2D eigenvalue weighted by Gasteiger charge is 2.19. The third kappa shape index (κ3) is 8.49. The van der Waals surface area contributed by atoms with Crippen LogP contribution in [0.4, 0.5) is 0 Å². The molecule has 6 aromatic heterocycles. The summed E-state index contributed by atoms with van der Waals surface area (Å²) in [6.07, 6.45) is 11.8. The monoisotopic (exact) mass is 1050 g/mol. The van der Waals surface area contributed by atoms with Crippen LogP contribution >= 0.6 is 0 Å². The van der Waals surface area contributed by atoms with Gasteiger partial charge < -0.3 is 13.3 Å². The molecule has 0 aliphatic rings. The van der Waals surface area contributed by atoms with Gasteiger partial charge in [0, 0.05) is 84.5 Å². The van der Waals surface area contributed by atoms with Crippen molar-refractivity contribution in [2.24, 2.45) is 0 Å². The van der Waals surface area contributed by atoms with Gasteiger partial charge in [-0.25, -0.2) is 0 Å². The molecule has 0 saturated heterocycles. The lowest BCUT2D eigenvalue weighted by Crippen LogP contribution is -1.93. The Morgan fingerprint density at radius 1 is 0.305 bits per heavy atom. The first-order valence-corrected chi connectivity index (χ1v) is 27.5. The third-order valence-corrected chi connectivity index (χ3v) is 15.8. The molecule has 0 amide bonds. The van der Waals surface area contributed by atoms with Crippen LogP contribution in [0.5, 0.6) is 0 Å². The van der Waals surface area contributed by atoms with Gasteiger partial charge in [-0.2, -0.15) is 0 Å². The number of aromatic nitrogens is 3. The molecule has 15 aromatic rings.